The second-order valence-electron chi connectivity index (χ2n) is 6.61. The van der Waals surface area contributed by atoms with E-state index in [0.29, 0.717) is 22.3 Å². The zero-order chi connectivity index (χ0) is 19.0. The molecule has 0 saturated carbocycles. The van der Waals surface area contributed by atoms with Crippen LogP contribution in [0, 0.1) is 6.92 Å². The molecule has 1 N–H and O–H groups in total. The van der Waals surface area contributed by atoms with Crippen LogP contribution in [0.1, 0.15) is 45.4 Å². The van der Waals surface area contributed by atoms with E-state index in [1.165, 1.54) is 17.5 Å². The van der Waals surface area contributed by atoms with E-state index >= 15 is 0 Å². The van der Waals surface area contributed by atoms with Crippen LogP contribution in [0.15, 0.2) is 22.8 Å². The molecule has 27 heavy (non-hydrogen) atoms. The van der Waals surface area contributed by atoms with Crippen LogP contribution in [-0.2, 0) is 28.8 Å². The molecule has 1 aliphatic rings. The molecule has 2 heterocycles. The summed E-state index contributed by atoms with van der Waals surface area (Å²) in [5.74, 6) is -0.606. The summed E-state index contributed by atoms with van der Waals surface area (Å²) >= 11 is 1.13. The van der Waals surface area contributed by atoms with Crippen LogP contribution in [0.3, 0.4) is 0 Å². The van der Waals surface area contributed by atoms with Gasteiger partial charge in [-0.25, -0.2) is 9.78 Å². The maximum absolute atomic E-state index is 12.5. The molecule has 0 aliphatic heterocycles. The number of furan rings is 1. The lowest BCUT2D eigenvalue weighted by Gasteiger charge is -2.02. The van der Waals surface area contributed by atoms with Gasteiger partial charge in [0.25, 0.3) is 0 Å². The average molecular weight is 384 g/mol. The molecule has 4 rings (SSSR count). The number of aryl methyl sites for hydroxylation is 3. The minimum absolute atomic E-state index is 0.192. The lowest BCUT2D eigenvalue weighted by Crippen LogP contribution is -2.14. The SMILES string of the molecule is CCOC(=O)c1sc(NC(=O)Cc2coc3cc4c(cc23)CCC4)nc1C. The highest BCUT2D eigenvalue weighted by atomic mass is 32.1. The van der Waals surface area contributed by atoms with Crippen LogP contribution in [-0.4, -0.2) is 23.5 Å². The van der Waals surface area contributed by atoms with E-state index in [-0.39, 0.29) is 12.3 Å². The Balaban J connectivity index is 1.49. The molecule has 0 radical (unpaired) electrons. The first-order valence-corrected chi connectivity index (χ1v) is 9.83. The van der Waals surface area contributed by atoms with Crippen LogP contribution in [0.25, 0.3) is 11.0 Å². The van der Waals surface area contributed by atoms with Gasteiger partial charge in [-0.3, -0.25) is 4.79 Å². The van der Waals surface area contributed by atoms with Gasteiger partial charge in [0.2, 0.25) is 5.91 Å². The van der Waals surface area contributed by atoms with Gasteiger partial charge in [-0.2, -0.15) is 0 Å². The lowest BCUT2D eigenvalue weighted by molar-refractivity contribution is -0.115. The molecule has 0 unspecified atom stereocenters. The molecule has 140 valence electrons. The molecule has 0 fully saturated rings. The number of esters is 1. The van der Waals surface area contributed by atoms with E-state index in [1.54, 1.807) is 20.1 Å². The predicted octanol–water partition coefficient (Wildman–Crippen LogP) is 4.04. The molecule has 0 spiro atoms. The summed E-state index contributed by atoms with van der Waals surface area (Å²) in [6.45, 7) is 3.78. The Kier molecular flexibility index (Phi) is 4.70. The second kappa shape index (κ2) is 7.15. The van der Waals surface area contributed by atoms with Gasteiger partial charge < -0.3 is 14.5 Å². The first kappa shape index (κ1) is 17.7. The summed E-state index contributed by atoms with van der Waals surface area (Å²) in [5.41, 5.74) is 4.93. The Morgan fingerprint density at radius 2 is 2.07 bits per heavy atom. The fourth-order valence-corrected chi connectivity index (χ4v) is 4.33. The van der Waals surface area contributed by atoms with Gasteiger partial charge in [0.15, 0.2) is 5.13 Å². The van der Waals surface area contributed by atoms with Gasteiger partial charge in [-0.1, -0.05) is 11.3 Å². The van der Waals surface area contributed by atoms with Crippen LogP contribution >= 0.6 is 11.3 Å². The molecule has 1 amide bonds. The number of ether oxygens (including phenoxy) is 1. The number of aromatic nitrogens is 1. The topological polar surface area (TPSA) is 81.4 Å². The number of thiazole rings is 1. The highest BCUT2D eigenvalue weighted by Gasteiger charge is 2.19. The van der Waals surface area contributed by atoms with Crippen LogP contribution in [0.4, 0.5) is 5.13 Å². The number of hydrogen-bond donors (Lipinski definition) is 1. The Morgan fingerprint density at radius 1 is 1.30 bits per heavy atom. The number of benzene rings is 1. The number of hydrogen-bond acceptors (Lipinski definition) is 6. The fraction of sp³-hybridized carbons (Fsp3) is 0.350. The molecule has 2 aromatic heterocycles. The minimum Gasteiger partial charge on any atom is -0.464 e. The van der Waals surface area contributed by atoms with Crippen molar-refractivity contribution in [3.63, 3.8) is 0 Å². The zero-order valence-corrected chi connectivity index (χ0v) is 16.1. The lowest BCUT2D eigenvalue weighted by atomic mass is 10.0. The quantitative estimate of drug-likeness (QED) is 0.671. The van der Waals surface area contributed by atoms with E-state index in [1.807, 2.05) is 0 Å². The summed E-state index contributed by atoms with van der Waals surface area (Å²) in [5, 5.41) is 4.17. The molecule has 1 aliphatic carbocycles. The second-order valence-corrected chi connectivity index (χ2v) is 7.61. The molecular weight excluding hydrogens is 364 g/mol. The number of anilines is 1. The summed E-state index contributed by atoms with van der Waals surface area (Å²) in [6, 6.07) is 4.24. The van der Waals surface area contributed by atoms with Crippen LogP contribution in [0.2, 0.25) is 0 Å². The van der Waals surface area contributed by atoms with Gasteiger partial charge in [-0.05, 0) is 56.4 Å². The molecule has 1 aromatic carbocycles. The highest BCUT2D eigenvalue weighted by molar-refractivity contribution is 7.17. The van der Waals surface area contributed by atoms with E-state index in [0.717, 1.165) is 40.7 Å². The number of carbonyl (C=O) groups excluding carboxylic acids is 2. The number of fused-ring (bicyclic) bond motifs is 2. The Hall–Kier alpha value is -2.67. The highest BCUT2D eigenvalue weighted by Crippen LogP contribution is 2.31. The molecule has 3 aromatic rings. The zero-order valence-electron chi connectivity index (χ0n) is 15.3. The Morgan fingerprint density at radius 3 is 2.85 bits per heavy atom. The third-order valence-corrected chi connectivity index (χ3v) is 5.78. The monoisotopic (exact) mass is 384 g/mol. The van der Waals surface area contributed by atoms with E-state index in [2.05, 4.69) is 22.4 Å². The third-order valence-electron chi connectivity index (χ3n) is 4.72. The first-order chi connectivity index (χ1) is 13.0. The van der Waals surface area contributed by atoms with Crippen molar-refractivity contribution in [1.82, 2.24) is 4.98 Å². The molecule has 6 nitrogen and oxygen atoms in total. The Bertz CT molecular complexity index is 1030. The van der Waals surface area contributed by atoms with Crippen molar-refractivity contribution >= 4 is 39.3 Å². The molecule has 0 atom stereocenters. The molecule has 0 bridgehead atoms. The van der Waals surface area contributed by atoms with E-state index in [4.69, 9.17) is 9.15 Å². The van der Waals surface area contributed by atoms with Crippen molar-refractivity contribution in [1.29, 1.82) is 0 Å². The predicted molar refractivity (Wildman–Crippen MR) is 103 cm³/mol. The summed E-state index contributed by atoms with van der Waals surface area (Å²) in [6.07, 6.45) is 5.19. The molecule has 7 heteroatoms. The largest absolute Gasteiger partial charge is 0.464 e. The maximum Gasteiger partial charge on any atom is 0.350 e. The number of nitrogens with one attached hydrogen (secondary N) is 1. The first-order valence-electron chi connectivity index (χ1n) is 9.01. The van der Waals surface area contributed by atoms with Crippen molar-refractivity contribution in [2.24, 2.45) is 0 Å². The van der Waals surface area contributed by atoms with Gasteiger partial charge in [0.1, 0.15) is 10.5 Å². The Labute approximate surface area is 160 Å². The van der Waals surface area contributed by atoms with Gasteiger partial charge in [0, 0.05) is 10.9 Å². The van der Waals surface area contributed by atoms with Crippen molar-refractivity contribution in [3.8, 4) is 0 Å². The van der Waals surface area contributed by atoms with Gasteiger partial charge in [-0.15, -0.1) is 0 Å². The number of nitrogens with zero attached hydrogens (tertiary/aromatic N) is 1. The van der Waals surface area contributed by atoms with Crippen molar-refractivity contribution in [2.75, 3.05) is 11.9 Å². The third kappa shape index (κ3) is 3.47. The normalized spacial score (nSPS) is 13.0. The van der Waals surface area contributed by atoms with Crippen molar-refractivity contribution in [3.05, 3.63) is 45.7 Å². The minimum atomic E-state index is -0.414. The van der Waals surface area contributed by atoms with Crippen molar-refractivity contribution in [2.45, 2.75) is 39.5 Å². The smallest absolute Gasteiger partial charge is 0.350 e. The number of carbonyl (C=O) groups is 2. The van der Waals surface area contributed by atoms with Crippen molar-refractivity contribution < 1.29 is 18.7 Å². The summed E-state index contributed by atoms with van der Waals surface area (Å²) in [4.78, 5) is 29.0. The van der Waals surface area contributed by atoms with Crippen LogP contribution < -0.4 is 5.32 Å². The summed E-state index contributed by atoms with van der Waals surface area (Å²) in [7, 11) is 0. The standard InChI is InChI=1S/C20H20N2O4S/c1-3-25-19(24)18-11(2)21-20(27-18)22-17(23)9-14-10-26-16-8-13-6-4-5-12(13)7-15(14)16/h7-8,10H,3-6,9H2,1-2H3,(H,21,22,23). The van der Waals surface area contributed by atoms with Gasteiger partial charge >= 0.3 is 5.97 Å². The van der Waals surface area contributed by atoms with Crippen LogP contribution in [0.5, 0.6) is 0 Å². The van der Waals surface area contributed by atoms with E-state index in [9.17, 15) is 9.59 Å². The average Bonchev–Trinajstić information content (AvgIpc) is 3.32. The summed E-state index contributed by atoms with van der Waals surface area (Å²) < 4.78 is 10.7. The van der Waals surface area contributed by atoms with Gasteiger partial charge in [0.05, 0.1) is 25.0 Å². The maximum atomic E-state index is 12.5. The van der Waals surface area contributed by atoms with E-state index < -0.39 is 5.97 Å². The molecule has 0 saturated heterocycles. The number of amides is 1. The molecular formula is C20H20N2O4S. The fourth-order valence-electron chi connectivity index (χ4n) is 3.46. The number of rotatable bonds is 5.